The van der Waals surface area contributed by atoms with E-state index in [-0.39, 0.29) is 0 Å². The van der Waals surface area contributed by atoms with Crippen molar-refractivity contribution in [2.45, 2.75) is 9.65 Å². The van der Waals surface area contributed by atoms with Crippen LogP contribution in [-0.2, 0) is 0 Å². The van der Waals surface area contributed by atoms with Crippen molar-refractivity contribution in [3.63, 3.8) is 0 Å². The molecule has 0 aliphatic heterocycles. The van der Waals surface area contributed by atoms with Gasteiger partial charge in [-0.1, -0.05) is 75.9 Å². The minimum atomic E-state index is 0.354. The van der Waals surface area contributed by atoms with Gasteiger partial charge in [0.05, 0.1) is 9.65 Å². The Morgan fingerprint density at radius 3 is 1.56 bits per heavy atom. The normalized spacial score (nSPS) is 23.0. The van der Waals surface area contributed by atoms with E-state index in [0.717, 1.165) is 8.95 Å². The Labute approximate surface area is 127 Å². The van der Waals surface area contributed by atoms with Gasteiger partial charge in [0.15, 0.2) is 0 Å². The molecule has 4 heteroatoms. The summed E-state index contributed by atoms with van der Waals surface area (Å²) >= 11 is 14.7. The Kier molecular flexibility index (Phi) is 2.98. The van der Waals surface area contributed by atoms with Gasteiger partial charge in [0.25, 0.3) is 0 Å². The molecule has 0 fully saturated rings. The summed E-state index contributed by atoms with van der Waals surface area (Å²) in [4.78, 5) is 0.708. The van der Waals surface area contributed by atoms with Gasteiger partial charge in [0.2, 0.25) is 0 Å². The highest BCUT2D eigenvalue weighted by molar-refractivity contribution is 9.12. The first-order valence-corrected chi connectivity index (χ1v) is 8.21. The van der Waals surface area contributed by atoms with Crippen molar-refractivity contribution in [1.29, 1.82) is 0 Å². The van der Waals surface area contributed by atoms with E-state index in [0.29, 0.717) is 9.65 Å². The molecular formula is C12H6Br4. The van der Waals surface area contributed by atoms with Crippen LogP contribution in [0, 0.1) is 0 Å². The molecule has 0 bridgehead atoms. The highest BCUT2D eigenvalue weighted by Gasteiger charge is 2.31. The van der Waals surface area contributed by atoms with Crippen molar-refractivity contribution in [2.75, 3.05) is 0 Å². The van der Waals surface area contributed by atoms with E-state index in [1.165, 1.54) is 21.9 Å². The summed E-state index contributed by atoms with van der Waals surface area (Å²) in [6, 6.07) is 8.60. The molecule has 0 saturated carbocycles. The van der Waals surface area contributed by atoms with Crippen molar-refractivity contribution in [1.82, 2.24) is 0 Å². The molecule has 0 heterocycles. The lowest BCUT2D eigenvalue weighted by Gasteiger charge is -2.06. The molecule has 2 aromatic rings. The molecule has 0 aromatic heterocycles. The van der Waals surface area contributed by atoms with Gasteiger partial charge < -0.3 is 0 Å². The number of rotatable bonds is 0. The molecule has 0 radical (unpaired) electrons. The van der Waals surface area contributed by atoms with E-state index < -0.39 is 0 Å². The zero-order valence-electron chi connectivity index (χ0n) is 7.98. The van der Waals surface area contributed by atoms with Crippen molar-refractivity contribution < 1.29 is 0 Å². The summed E-state index contributed by atoms with van der Waals surface area (Å²) in [5, 5.41) is 2.62. The molecule has 0 N–H and O–H groups in total. The Bertz CT molecular complexity index is 542. The summed E-state index contributed by atoms with van der Waals surface area (Å²) in [6.45, 7) is 0. The van der Waals surface area contributed by atoms with E-state index >= 15 is 0 Å². The average molecular weight is 470 g/mol. The van der Waals surface area contributed by atoms with E-state index in [4.69, 9.17) is 0 Å². The number of alkyl halides is 2. The molecule has 2 aromatic carbocycles. The van der Waals surface area contributed by atoms with Crippen molar-refractivity contribution in [3.05, 3.63) is 44.3 Å². The first kappa shape index (κ1) is 11.7. The highest BCUT2D eigenvalue weighted by Crippen LogP contribution is 2.54. The highest BCUT2D eigenvalue weighted by atomic mass is 79.9. The molecular weight excluding hydrogens is 464 g/mol. The number of hydrogen-bond acceptors (Lipinski definition) is 0. The maximum Gasteiger partial charge on any atom is 0.0567 e. The largest absolute Gasteiger partial charge is 0.0823 e. The van der Waals surface area contributed by atoms with E-state index in [9.17, 15) is 0 Å². The van der Waals surface area contributed by atoms with Gasteiger partial charge in [-0.3, -0.25) is 0 Å². The maximum absolute atomic E-state index is 3.75. The smallest absolute Gasteiger partial charge is 0.0567 e. The Balaban J connectivity index is 2.54. The minimum Gasteiger partial charge on any atom is -0.0823 e. The second-order valence-electron chi connectivity index (χ2n) is 3.83. The predicted molar refractivity (Wildman–Crippen MR) is 82.7 cm³/mol. The van der Waals surface area contributed by atoms with E-state index in [1.54, 1.807) is 0 Å². The molecule has 1 aliphatic carbocycles. The fourth-order valence-corrected chi connectivity index (χ4v) is 4.93. The van der Waals surface area contributed by atoms with Gasteiger partial charge in [0, 0.05) is 14.3 Å². The van der Waals surface area contributed by atoms with Crippen LogP contribution in [0.25, 0.3) is 10.8 Å². The summed E-state index contributed by atoms with van der Waals surface area (Å²) in [5.41, 5.74) is 2.72. The number of hydrogen-bond donors (Lipinski definition) is 0. The molecule has 2 atom stereocenters. The third-order valence-corrected chi connectivity index (χ3v) is 7.05. The van der Waals surface area contributed by atoms with Crippen LogP contribution in [-0.4, -0.2) is 0 Å². The summed E-state index contributed by atoms with van der Waals surface area (Å²) in [5.74, 6) is 0. The van der Waals surface area contributed by atoms with Crippen molar-refractivity contribution in [2.24, 2.45) is 0 Å². The first-order chi connectivity index (χ1) is 7.61. The maximum atomic E-state index is 3.75. The van der Waals surface area contributed by atoms with Crippen LogP contribution >= 0.6 is 63.7 Å². The monoisotopic (exact) mass is 466 g/mol. The average Bonchev–Trinajstić information content (AvgIpc) is 2.50. The van der Waals surface area contributed by atoms with Crippen LogP contribution in [0.2, 0.25) is 0 Å². The number of halogens is 4. The molecule has 0 nitrogen and oxygen atoms in total. The van der Waals surface area contributed by atoms with E-state index in [1.807, 2.05) is 0 Å². The van der Waals surface area contributed by atoms with E-state index in [2.05, 4.69) is 88.0 Å². The van der Waals surface area contributed by atoms with Gasteiger partial charge in [-0.25, -0.2) is 0 Å². The fraction of sp³-hybridized carbons (Fsp3) is 0.167. The first-order valence-electron chi connectivity index (χ1n) is 4.80. The van der Waals surface area contributed by atoms with Crippen molar-refractivity contribution in [3.8, 4) is 0 Å². The molecule has 82 valence electrons. The zero-order chi connectivity index (χ0) is 11.4. The van der Waals surface area contributed by atoms with Gasteiger partial charge in [-0.15, -0.1) is 0 Å². The minimum absolute atomic E-state index is 0.354. The molecule has 16 heavy (non-hydrogen) atoms. The lowest BCUT2D eigenvalue weighted by atomic mass is 10.1. The third kappa shape index (κ3) is 1.49. The second-order valence-corrected chi connectivity index (χ2v) is 7.51. The van der Waals surface area contributed by atoms with Crippen LogP contribution in [0.3, 0.4) is 0 Å². The van der Waals surface area contributed by atoms with Crippen LogP contribution in [0.1, 0.15) is 20.8 Å². The Morgan fingerprint density at radius 1 is 0.688 bits per heavy atom. The summed E-state index contributed by atoms with van der Waals surface area (Å²) in [6.07, 6.45) is 0. The Hall–Kier alpha value is 0.620. The van der Waals surface area contributed by atoms with Gasteiger partial charge in [0.1, 0.15) is 0 Å². The number of benzene rings is 2. The topological polar surface area (TPSA) is 0 Å². The molecule has 0 saturated heterocycles. The fourth-order valence-electron chi connectivity index (χ4n) is 2.24. The van der Waals surface area contributed by atoms with Crippen LogP contribution in [0.4, 0.5) is 0 Å². The second kappa shape index (κ2) is 4.08. The quantitative estimate of drug-likeness (QED) is 0.400. The summed E-state index contributed by atoms with van der Waals surface area (Å²) in [7, 11) is 0. The predicted octanol–water partition coefficient (Wildman–Crippen LogP) is 6.25. The SMILES string of the molecule is Brc1ccc2c3c(ccc(Br)c13)[C@@H](Br)[C@@H]2Br. The Morgan fingerprint density at radius 2 is 1.12 bits per heavy atom. The molecule has 3 rings (SSSR count). The van der Waals surface area contributed by atoms with Gasteiger partial charge in [-0.05, 0) is 28.6 Å². The zero-order valence-corrected chi connectivity index (χ0v) is 14.3. The van der Waals surface area contributed by atoms with Gasteiger partial charge >= 0.3 is 0 Å². The third-order valence-electron chi connectivity index (χ3n) is 2.97. The van der Waals surface area contributed by atoms with Crippen molar-refractivity contribution >= 4 is 74.5 Å². The molecule has 0 unspecified atom stereocenters. The van der Waals surface area contributed by atoms with Crippen LogP contribution in [0.5, 0.6) is 0 Å². The lowest BCUT2D eigenvalue weighted by molar-refractivity contribution is 0.998. The summed E-state index contributed by atoms with van der Waals surface area (Å²) < 4.78 is 2.28. The van der Waals surface area contributed by atoms with Crippen LogP contribution < -0.4 is 0 Å². The standard InChI is InChI=1S/C12H6Br4/c13-7-3-1-5-9-6(12(16)11(5)15)2-4-8(14)10(7)9/h1-4,11-12H/t11-,12-/m1/s1. The lowest BCUT2D eigenvalue weighted by Crippen LogP contribution is -1.87. The van der Waals surface area contributed by atoms with Crippen LogP contribution in [0.15, 0.2) is 33.2 Å². The molecule has 1 aliphatic rings. The van der Waals surface area contributed by atoms with Gasteiger partial charge in [-0.2, -0.15) is 0 Å². The molecule has 0 spiro atoms. The molecule has 0 amide bonds.